The quantitative estimate of drug-likeness (QED) is 0.497. The van der Waals surface area contributed by atoms with Crippen molar-refractivity contribution in [3.8, 4) is 5.75 Å². The largest absolute Gasteiger partial charge is 0.494 e. The van der Waals surface area contributed by atoms with Crippen LogP contribution < -0.4 is 15.6 Å². The van der Waals surface area contributed by atoms with Gasteiger partial charge >= 0.3 is 0 Å². The number of rotatable bonds is 7. The third-order valence-corrected chi connectivity index (χ3v) is 5.30. The average Bonchev–Trinajstić information content (AvgIpc) is 3.11. The molecule has 2 heterocycles. The number of amides is 1. The predicted molar refractivity (Wildman–Crippen MR) is 120 cm³/mol. The Kier molecular flexibility index (Phi) is 5.75. The first-order valence-electron chi connectivity index (χ1n) is 10.5. The van der Waals surface area contributed by atoms with Crippen LogP contribution in [0.3, 0.4) is 0 Å². The zero-order valence-electron chi connectivity index (χ0n) is 18.0. The number of hydrogen-bond acceptors (Lipinski definition) is 4. The van der Waals surface area contributed by atoms with Gasteiger partial charge in [-0.1, -0.05) is 31.2 Å². The fourth-order valence-electron chi connectivity index (χ4n) is 3.76. The minimum atomic E-state index is -0.502. The summed E-state index contributed by atoms with van der Waals surface area (Å²) < 4.78 is 9.34. The van der Waals surface area contributed by atoms with E-state index in [-0.39, 0.29) is 11.5 Å². The zero-order chi connectivity index (χ0) is 22.0. The molecule has 0 spiro atoms. The maximum absolute atomic E-state index is 13.0. The Bertz CT molecular complexity index is 1290. The summed E-state index contributed by atoms with van der Waals surface area (Å²) >= 11 is 0. The minimum Gasteiger partial charge on any atom is -0.494 e. The second kappa shape index (κ2) is 8.63. The number of aromatic nitrogens is 3. The highest BCUT2D eigenvalue weighted by Crippen LogP contribution is 2.25. The van der Waals surface area contributed by atoms with Crippen LogP contribution in [0.15, 0.2) is 59.4 Å². The van der Waals surface area contributed by atoms with E-state index in [2.05, 4.69) is 17.2 Å². The van der Waals surface area contributed by atoms with Gasteiger partial charge in [0.05, 0.1) is 12.1 Å². The van der Waals surface area contributed by atoms with Crippen LogP contribution in [0.1, 0.15) is 37.6 Å². The summed E-state index contributed by atoms with van der Waals surface area (Å²) in [5.41, 5.74) is 2.84. The molecule has 0 aliphatic carbocycles. The van der Waals surface area contributed by atoms with E-state index in [4.69, 9.17) is 4.74 Å². The highest BCUT2D eigenvalue weighted by Gasteiger charge is 2.22. The summed E-state index contributed by atoms with van der Waals surface area (Å²) in [6.45, 7) is 6.86. The Balaban J connectivity index is 1.59. The van der Waals surface area contributed by atoms with E-state index < -0.39 is 6.04 Å². The Hall–Kier alpha value is -3.61. The molecule has 0 saturated carbocycles. The van der Waals surface area contributed by atoms with Gasteiger partial charge in [0, 0.05) is 23.7 Å². The number of aryl methyl sites for hydroxylation is 1. The molecule has 1 atom stereocenters. The van der Waals surface area contributed by atoms with Crippen LogP contribution in [-0.4, -0.2) is 26.7 Å². The van der Waals surface area contributed by atoms with Crippen molar-refractivity contribution in [1.29, 1.82) is 0 Å². The molecule has 4 rings (SSSR count). The third kappa shape index (κ3) is 4.03. The highest BCUT2D eigenvalue weighted by molar-refractivity contribution is 5.94. The minimum absolute atomic E-state index is 0.118. The van der Waals surface area contributed by atoms with Crippen LogP contribution in [-0.2, 0) is 11.3 Å². The Morgan fingerprint density at radius 1 is 1.16 bits per heavy atom. The fourth-order valence-corrected chi connectivity index (χ4v) is 3.76. The second-order valence-corrected chi connectivity index (χ2v) is 7.62. The molecule has 0 fully saturated rings. The van der Waals surface area contributed by atoms with Gasteiger partial charge in [0.2, 0.25) is 5.91 Å². The van der Waals surface area contributed by atoms with Crippen molar-refractivity contribution in [2.75, 3.05) is 6.61 Å². The van der Waals surface area contributed by atoms with Crippen LogP contribution in [0, 0.1) is 6.92 Å². The number of carbonyl (C=O) groups excluding carboxylic acids is 1. The van der Waals surface area contributed by atoms with Crippen molar-refractivity contribution < 1.29 is 9.53 Å². The predicted octanol–water partition coefficient (Wildman–Crippen LogP) is 3.62. The number of nitrogens with zero attached hydrogens (tertiary/aromatic N) is 3. The first-order valence-corrected chi connectivity index (χ1v) is 10.5. The van der Waals surface area contributed by atoms with Gasteiger partial charge in [0.1, 0.15) is 11.8 Å². The van der Waals surface area contributed by atoms with Crippen molar-refractivity contribution in [1.82, 2.24) is 19.5 Å². The first kappa shape index (κ1) is 20.7. The second-order valence-electron chi connectivity index (χ2n) is 7.62. The summed E-state index contributed by atoms with van der Waals surface area (Å²) in [7, 11) is 0. The van der Waals surface area contributed by atoms with E-state index in [1.807, 2.05) is 71.6 Å². The normalized spacial score (nSPS) is 12.2. The summed E-state index contributed by atoms with van der Waals surface area (Å²) in [6, 6.07) is 16.4. The van der Waals surface area contributed by atoms with E-state index >= 15 is 0 Å². The van der Waals surface area contributed by atoms with Gasteiger partial charge in [-0.25, -0.2) is 4.52 Å². The van der Waals surface area contributed by atoms with E-state index in [1.54, 1.807) is 0 Å². The Labute approximate surface area is 180 Å². The van der Waals surface area contributed by atoms with Crippen molar-refractivity contribution in [3.05, 3.63) is 76.2 Å². The average molecular weight is 418 g/mol. The van der Waals surface area contributed by atoms with Crippen LogP contribution in [0.25, 0.3) is 16.6 Å². The van der Waals surface area contributed by atoms with Gasteiger partial charge in [0.15, 0.2) is 5.65 Å². The molecule has 7 nitrogen and oxygen atoms in total. The van der Waals surface area contributed by atoms with Crippen LogP contribution >= 0.6 is 0 Å². The molecule has 0 aliphatic heterocycles. The number of hydrogen-bond donors (Lipinski definition) is 1. The van der Waals surface area contributed by atoms with E-state index in [0.29, 0.717) is 18.8 Å². The maximum Gasteiger partial charge on any atom is 0.273 e. The van der Waals surface area contributed by atoms with Gasteiger partial charge in [-0.15, -0.1) is 0 Å². The van der Waals surface area contributed by atoms with Crippen molar-refractivity contribution >= 4 is 22.5 Å². The van der Waals surface area contributed by atoms with Crippen molar-refractivity contribution in [2.45, 2.75) is 39.8 Å². The monoisotopic (exact) mass is 418 g/mol. The number of fused-ring (bicyclic) bond motifs is 3. The smallest absolute Gasteiger partial charge is 0.273 e. The van der Waals surface area contributed by atoms with Gasteiger partial charge in [-0.05, 0) is 50.1 Å². The Morgan fingerprint density at radius 3 is 2.65 bits per heavy atom. The van der Waals surface area contributed by atoms with Crippen LogP contribution in [0.4, 0.5) is 0 Å². The molecule has 0 saturated heterocycles. The third-order valence-electron chi connectivity index (χ3n) is 5.30. The summed E-state index contributed by atoms with van der Waals surface area (Å²) in [6.07, 6.45) is 0.960. The molecule has 0 bridgehead atoms. The molecule has 31 heavy (non-hydrogen) atoms. The molecule has 4 aromatic rings. The van der Waals surface area contributed by atoms with Gasteiger partial charge in [-0.3, -0.25) is 14.3 Å². The van der Waals surface area contributed by atoms with E-state index in [0.717, 1.165) is 34.3 Å². The molecule has 7 heteroatoms. The number of nitrogens with one attached hydrogen (secondary N) is 1. The van der Waals surface area contributed by atoms with E-state index in [1.165, 1.54) is 6.07 Å². The fraction of sp³-hybridized carbons (Fsp3) is 0.292. The topological polar surface area (TPSA) is 77.6 Å². The molecule has 1 N–H and O–H groups in total. The maximum atomic E-state index is 13.0. The Morgan fingerprint density at radius 2 is 1.90 bits per heavy atom. The molecule has 0 radical (unpaired) electrons. The highest BCUT2D eigenvalue weighted by atomic mass is 16.5. The first-order chi connectivity index (χ1) is 15.0. The number of carbonyl (C=O) groups is 1. The molecule has 160 valence electrons. The number of ether oxygens (including phenoxy) is 1. The van der Waals surface area contributed by atoms with Crippen LogP contribution in [0.5, 0.6) is 5.75 Å². The summed E-state index contributed by atoms with van der Waals surface area (Å²) in [5, 5.41) is 3.85. The zero-order valence-corrected chi connectivity index (χ0v) is 18.0. The van der Waals surface area contributed by atoms with E-state index in [9.17, 15) is 9.59 Å². The molecular formula is C24H26N4O3. The summed E-state index contributed by atoms with van der Waals surface area (Å²) in [4.78, 5) is 29.2. The molecule has 2 aromatic carbocycles. The van der Waals surface area contributed by atoms with Crippen LogP contribution in [0.2, 0.25) is 0 Å². The number of benzene rings is 2. The molecule has 1 unspecified atom stereocenters. The van der Waals surface area contributed by atoms with Crippen molar-refractivity contribution in [2.24, 2.45) is 0 Å². The van der Waals surface area contributed by atoms with Gasteiger partial charge < -0.3 is 10.1 Å². The van der Waals surface area contributed by atoms with Crippen molar-refractivity contribution in [3.63, 3.8) is 0 Å². The number of para-hydroxylation sites is 1. The lowest BCUT2D eigenvalue weighted by molar-refractivity contribution is -0.124. The molecular weight excluding hydrogens is 392 g/mol. The lowest BCUT2D eigenvalue weighted by Crippen LogP contribution is -2.32. The lowest BCUT2D eigenvalue weighted by atomic mass is 10.2. The SMILES string of the molecule is CCCOc1ccc(CNC(=O)C(C)n2c3ccccc3c3nc(=O)cc(C)n32)cc1. The molecule has 1 amide bonds. The molecule has 0 aliphatic rings. The standard InChI is InChI=1S/C24H26N4O3/c1-4-13-31-19-11-9-18(10-12-19)15-25-24(30)17(3)28-21-8-6-5-7-20(21)23-26-22(29)14-16(2)27(23)28/h5-12,14,17H,4,13,15H2,1-3H3,(H,25,30). The lowest BCUT2D eigenvalue weighted by Gasteiger charge is -2.18. The van der Waals surface area contributed by atoms with Gasteiger partial charge in [-0.2, -0.15) is 4.98 Å². The summed E-state index contributed by atoms with van der Waals surface area (Å²) in [5.74, 6) is 0.708. The van der Waals surface area contributed by atoms with Gasteiger partial charge in [0.25, 0.3) is 5.56 Å². The molecule has 2 aromatic heterocycles.